The summed E-state index contributed by atoms with van der Waals surface area (Å²) in [5.41, 5.74) is 0.808. The average molecular weight is 462 g/mol. The molecule has 4 rings (SSSR count). The third-order valence-corrected chi connectivity index (χ3v) is 6.54. The number of likely N-dealkylation sites (N-methyl/N-ethyl adjacent to an activating group) is 1. The van der Waals surface area contributed by atoms with Crippen molar-refractivity contribution in [3.8, 4) is 17.5 Å². The molecule has 0 spiro atoms. The number of carbonyl (C=O) groups excluding carboxylic acids is 1. The number of carbonyl (C=O) groups is 1. The maximum Gasteiger partial charge on any atom is 0.273 e. The van der Waals surface area contributed by atoms with Gasteiger partial charge in [0.2, 0.25) is 0 Å². The summed E-state index contributed by atoms with van der Waals surface area (Å²) in [6, 6.07) is 14.4. The molecule has 1 saturated heterocycles. The zero-order chi connectivity index (χ0) is 23.4. The fourth-order valence-electron chi connectivity index (χ4n) is 3.57. The minimum Gasteiger partial charge on any atom is -0.497 e. The van der Waals surface area contributed by atoms with Crippen LogP contribution >= 0.6 is 11.3 Å². The third kappa shape index (κ3) is 4.72. The van der Waals surface area contributed by atoms with Crippen molar-refractivity contribution < 1.29 is 9.53 Å². The SMILES string of the molecule is COc1ccc(-n2c(=C(C#N)C(=O)N3CCN(C)CC3)sc(=Cc3ccccn3)c2=O)cc1. The normalized spacial score (nSPS) is 15.8. The highest BCUT2D eigenvalue weighted by Gasteiger charge is 2.25. The van der Waals surface area contributed by atoms with Crippen LogP contribution in [0.3, 0.4) is 0 Å². The summed E-state index contributed by atoms with van der Waals surface area (Å²) in [5.74, 6) is 0.278. The van der Waals surface area contributed by atoms with E-state index in [-0.39, 0.29) is 17.0 Å². The van der Waals surface area contributed by atoms with Crippen LogP contribution in [-0.2, 0) is 4.79 Å². The molecule has 1 fully saturated rings. The molecule has 0 aliphatic carbocycles. The number of amides is 1. The van der Waals surface area contributed by atoms with Gasteiger partial charge in [-0.25, -0.2) is 0 Å². The molecule has 1 aromatic carbocycles. The molecule has 0 N–H and O–H groups in total. The van der Waals surface area contributed by atoms with Crippen LogP contribution in [0.4, 0.5) is 0 Å². The second kappa shape index (κ2) is 9.81. The zero-order valence-corrected chi connectivity index (χ0v) is 19.2. The zero-order valence-electron chi connectivity index (χ0n) is 18.4. The van der Waals surface area contributed by atoms with Gasteiger partial charge >= 0.3 is 0 Å². The van der Waals surface area contributed by atoms with Crippen LogP contribution in [0.5, 0.6) is 5.75 Å². The largest absolute Gasteiger partial charge is 0.497 e. The van der Waals surface area contributed by atoms with Gasteiger partial charge in [-0.2, -0.15) is 5.26 Å². The molecule has 2 aromatic heterocycles. The number of thiazole rings is 1. The highest BCUT2D eigenvalue weighted by molar-refractivity contribution is 7.07. The first-order valence-corrected chi connectivity index (χ1v) is 11.2. The predicted molar refractivity (Wildman–Crippen MR) is 127 cm³/mol. The molecule has 0 saturated carbocycles. The fourth-order valence-corrected chi connectivity index (χ4v) is 4.65. The minimum atomic E-state index is -0.363. The van der Waals surface area contributed by atoms with E-state index >= 15 is 0 Å². The van der Waals surface area contributed by atoms with Crippen LogP contribution in [0.15, 0.2) is 53.5 Å². The number of rotatable bonds is 4. The van der Waals surface area contributed by atoms with Crippen LogP contribution in [0.25, 0.3) is 17.3 Å². The smallest absolute Gasteiger partial charge is 0.273 e. The highest BCUT2D eigenvalue weighted by Crippen LogP contribution is 2.13. The lowest BCUT2D eigenvalue weighted by atomic mass is 10.2. The number of piperazine rings is 1. The van der Waals surface area contributed by atoms with E-state index in [1.807, 2.05) is 13.1 Å². The lowest BCUT2D eigenvalue weighted by molar-refractivity contribution is -0.126. The first-order valence-electron chi connectivity index (χ1n) is 10.4. The second-order valence-corrected chi connectivity index (χ2v) is 8.62. The van der Waals surface area contributed by atoms with Gasteiger partial charge in [-0.05, 0) is 49.5 Å². The van der Waals surface area contributed by atoms with Gasteiger partial charge in [0.1, 0.15) is 16.5 Å². The molecule has 8 nitrogen and oxygen atoms in total. The maximum absolute atomic E-state index is 13.4. The molecule has 168 valence electrons. The van der Waals surface area contributed by atoms with Crippen LogP contribution < -0.4 is 19.5 Å². The Bertz CT molecular complexity index is 1360. The number of hydrogen-bond acceptors (Lipinski definition) is 7. The number of ether oxygens (including phenoxy) is 1. The molecular weight excluding hydrogens is 438 g/mol. The number of nitrogens with zero attached hydrogens (tertiary/aromatic N) is 5. The van der Waals surface area contributed by atoms with Gasteiger partial charge in [0.15, 0.2) is 5.57 Å². The Hall–Kier alpha value is -3.74. The molecule has 0 bridgehead atoms. The molecule has 1 aliphatic rings. The third-order valence-electron chi connectivity index (χ3n) is 5.45. The van der Waals surface area contributed by atoms with Crippen molar-refractivity contribution in [3.05, 3.63) is 73.9 Å². The Labute approximate surface area is 194 Å². The van der Waals surface area contributed by atoms with E-state index < -0.39 is 0 Å². The Kier molecular flexibility index (Phi) is 6.68. The second-order valence-electron chi connectivity index (χ2n) is 7.59. The Morgan fingerprint density at radius 2 is 1.88 bits per heavy atom. The first kappa shape index (κ1) is 22.5. The average Bonchev–Trinajstić information content (AvgIpc) is 3.16. The lowest BCUT2D eigenvalue weighted by Crippen LogP contribution is -2.48. The number of hydrogen-bond donors (Lipinski definition) is 0. The van der Waals surface area contributed by atoms with Gasteiger partial charge in [0.05, 0.1) is 23.0 Å². The van der Waals surface area contributed by atoms with Crippen LogP contribution in [0.2, 0.25) is 0 Å². The van der Waals surface area contributed by atoms with Gasteiger partial charge in [-0.1, -0.05) is 6.07 Å². The van der Waals surface area contributed by atoms with Crippen molar-refractivity contribution in [1.82, 2.24) is 19.4 Å². The Morgan fingerprint density at radius 1 is 1.15 bits per heavy atom. The van der Waals surface area contributed by atoms with E-state index in [9.17, 15) is 14.9 Å². The van der Waals surface area contributed by atoms with Crippen molar-refractivity contribution >= 4 is 28.9 Å². The van der Waals surface area contributed by atoms with E-state index in [4.69, 9.17) is 4.74 Å². The van der Waals surface area contributed by atoms with Gasteiger partial charge in [0.25, 0.3) is 11.5 Å². The predicted octanol–water partition coefficient (Wildman–Crippen LogP) is 0.580. The molecule has 0 atom stereocenters. The van der Waals surface area contributed by atoms with Crippen LogP contribution in [0, 0.1) is 11.3 Å². The summed E-state index contributed by atoms with van der Waals surface area (Å²) in [6.45, 7) is 2.54. The molecule has 0 radical (unpaired) electrons. The summed E-state index contributed by atoms with van der Waals surface area (Å²) < 4.78 is 7.34. The molecule has 3 aromatic rings. The number of nitriles is 1. The van der Waals surface area contributed by atoms with Crippen molar-refractivity contribution in [2.45, 2.75) is 0 Å². The van der Waals surface area contributed by atoms with E-state index in [0.29, 0.717) is 39.4 Å². The van der Waals surface area contributed by atoms with Gasteiger partial charge in [0, 0.05) is 32.4 Å². The number of pyridine rings is 1. The fraction of sp³-hybridized carbons (Fsp3) is 0.250. The van der Waals surface area contributed by atoms with Gasteiger partial charge in [-0.15, -0.1) is 11.3 Å². The van der Waals surface area contributed by atoms with E-state index in [0.717, 1.165) is 24.4 Å². The van der Waals surface area contributed by atoms with Crippen LogP contribution in [-0.4, -0.2) is 65.6 Å². The quantitative estimate of drug-likeness (QED) is 0.565. The molecule has 1 aliphatic heterocycles. The summed E-state index contributed by atoms with van der Waals surface area (Å²) in [7, 11) is 3.56. The lowest BCUT2D eigenvalue weighted by Gasteiger charge is -2.32. The maximum atomic E-state index is 13.4. The van der Waals surface area contributed by atoms with Gasteiger partial charge < -0.3 is 14.5 Å². The molecular formula is C24H23N5O3S. The highest BCUT2D eigenvalue weighted by atomic mass is 32.1. The van der Waals surface area contributed by atoms with Crippen molar-refractivity contribution in [2.75, 3.05) is 40.3 Å². The summed E-state index contributed by atoms with van der Waals surface area (Å²) >= 11 is 1.12. The standard InChI is InChI=1S/C24H23N5O3S/c1-27-11-13-28(14-12-27)22(30)20(16-25)24-29(18-6-8-19(32-2)9-7-18)23(31)21(33-24)15-17-5-3-4-10-26-17/h3-10,15H,11-14H2,1-2H3. The summed E-state index contributed by atoms with van der Waals surface area (Å²) in [5, 5.41) is 9.98. The topological polar surface area (TPSA) is 91.5 Å². The van der Waals surface area contributed by atoms with Gasteiger partial charge in [-0.3, -0.25) is 19.1 Å². The molecule has 33 heavy (non-hydrogen) atoms. The van der Waals surface area contributed by atoms with E-state index in [1.165, 1.54) is 4.57 Å². The monoisotopic (exact) mass is 461 g/mol. The summed E-state index contributed by atoms with van der Waals surface area (Å²) in [4.78, 5) is 34.8. The first-order chi connectivity index (χ1) is 16.0. The summed E-state index contributed by atoms with van der Waals surface area (Å²) in [6.07, 6.45) is 3.32. The van der Waals surface area contributed by atoms with Crippen LogP contribution in [0.1, 0.15) is 5.69 Å². The number of methoxy groups -OCH3 is 1. The number of benzene rings is 1. The van der Waals surface area contributed by atoms with E-state index in [2.05, 4.69) is 16.0 Å². The Morgan fingerprint density at radius 3 is 2.48 bits per heavy atom. The molecule has 0 unspecified atom stereocenters. The molecule has 3 heterocycles. The Balaban J connectivity index is 1.94. The minimum absolute atomic E-state index is 0.0434. The van der Waals surface area contributed by atoms with Crippen molar-refractivity contribution in [2.24, 2.45) is 0 Å². The molecule has 9 heteroatoms. The van der Waals surface area contributed by atoms with Crippen molar-refractivity contribution in [3.63, 3.8) is 0 Å². The van der Waals surface area contributed by atoms with Crippen molar-refractivity contribution in [1.29, 1.82) is 5.26 Å². The van der Waals surface area contributed by atoms with E-state index in [1.54, 1.807) is 60.7 Å². The number of aromatic nitrogens is 2. The molecule has 1 amide bonds.